The number of aromatic nitrogens is 1. The van der Waals surface area contributed by atoms with Crippen molar-refractivity contribution in [3.63, 3.8) is 0 Å². The normalized spacial score (nSPS) is 15.5. The molecule has 0 atom stereocenters. The van der Waals surface area contributed by atoms with Crippen LogP contribution in [0, 0.1) is 0 Å². The average molecular weight is 414 g/mol. The van der Waals surface area contributed by atoms with Crippen LogP contribution in [0.5, 0.6) is 0 Å². The average Bonchev–Trinajstić information content (AvgIpc) is 3.35. The second-order valence-corrected chi connectivity index (χ2v) is 8.69. The highest BCUT2D eigenvalue weighted by Crippen LogP contribution is 2.29. The van der Waals surface area contributed by atoms with E-state index in [1.54, 1.807) is 11.3 Å². The van der Waals surface area contributed by atoms with Gasteiger partial charge in [-0.2, -0.15) is 0 Å². The zero-order chi connectivity index (χ0) is 18.8. The summed E-state index contributed by atoms with van der Waals surface area (Å²) >= 11 is 7.91. The number of benzene rings is 1. The van der Waals surface area contributed by atoms with Crippen LogP contribution in [-0.4, -0.2) is 20.7 Å². The Morgan fingerprint density at radius 2 is 2.11 bits per heavy atom. The van der Waals surface area contributed by atoms with E-state index in [4.69, 9.17) is 12.2 Å². The van der Waals surface area contributed by atoms with E-state index in [0.717, 1.165) is 21.3 Å². The van der Waals surface area contributed by atoms with Gasteiger partial charge in [0, 0.05) is 27.5 Å². The number of nitrogens with one attached hydrogen (secondary N) is 2. The second-order valence-electron chi connectivity index (χ2n) is 5.94. The fraction of sp³-hybridized carbons (Fsp3) is 0.105. The first-order valence-electron chi connectivity index (χ1n) is 8.22. The summed E-state index contributed by atoms with van der Waals surface area (Å²) in [5.74, 6) is -0.243. The minimum absolute atomic E-state index is 0.0579. The molecular weight excluding hydrogens is 398 g/mol. The zero-order valence-corrected chi connectivity index (χ0v) is 16.5. The van der Waals surface area contributed by atoms with E-state index < -0.39 is 0 Å². The van der Waals surface area contributed by atoms with E-state index in [1.807, 2.05) is 58.6 Å². The smallest absolute Gasteiger partial charge is 0.263 e. The fourth-order valence-electron chi connectivity index (χ4n) is 2.89. The molecule has 27 heavy (non-hydrogen) atoms. The van der Waals surface area contributed by atoms with Gasteiger partial charge in [-0.15, -0.1) is 11.3 Å². The molecule has 136 valence electrons. The largest absolute Gasteiger partial charge is 0.350 e. The van der Waals surface area contributed by atoms with E-state index in [1.165, 1.54) is 11.8 Å². The summed E-state index contributed by atoms with van der Waals surface area (Å²) in [4.78, 5) is 26.0. The highest BCUT2D eigenvalue weighted by atomic mass is 32.2. The Bertz CT molecular complexity index is 1070. The van der Waals surface area contributed by atoms with Crippen molar-refractivity contribution in [1.29, 1.82) is 0 Å². The molecular formula is C19H15N3O2S3. The quantitative estimate of drug-likeness (QED) is 0.496. The van der Waals surface area contributed by atoms with Gasteiger partial charge in [-0.3, -0.25) is 9.59 Å². The van der Waals surface area contributed by atoms with E-state index in [-0.39, 0.29) is 18.4 Å². The number of amides is 2. The third-order valence-electron chi connectivity index (χ3n) is 4.10. The Morgan fingerprint density at radius 3 is 2.85 bits per heavy atom. The van der Waals surface area contributed by atoms with Gasteiger partial charge in [0.05, 0.1) is 11.4 Å². The van der Waals surface area contributed by atoms with Crippen molar-refractivity contribution in [3.8, 4) is 0 Å². The lowest BCUT2D eigenvalue weighted by molar-refractivity contribution is -0.121. The van der Waals surface area contributed by atoms with Crippen molar-refractivity contribution in [2.75, 3.05) is 0 Å². The molecule has 1 aliphatic rings. The SMILES string of the molecule is O=C(Cn1cc(/C=C2\SC(=S)NC2=O)c2ccccc21)NCc1cccs1. The number of para-hydroxylation sites is 1. The number of thiocarbonyl (C=S) groups is 1. The number of nitrogens with zero attached hydrogens (tertiary/aromatic N) is 1. The molecule has 1 saturated heterocycles. The van der Waals surface area contributed by atoms with Crippen LogP contribution in [0.3, 0.4) is 0 Å². The molecule has 8 heteroatoms. The molecule has 2 aromatic heterocycles. The Hall–Kier alpha value is -2.42. The predicted octanol–water partition coefficient (Wildman–Crippen LogP) is 3.51. The molecule has 0 unspecified atom stereocenters. The molecule has 0 aliphatic carbocycles. The van der Waals surface area contributed by atoms with Crippen molar-refractivity contribution < 1.29 is 9.59 Å². The predicted molar refractivity (Wildman–Crippen MR) is 114 cm³/mol. The first kappa shape index (κ1) is 18.0. The molecule has 3 aromatic rings. The summed E-state index contributed by atoms with van der Waals surface area (Å²) < 4.78 is 2.37. The highest BCUT2D eigenvalue weighted by Gasteiger charge is 2.22. The van der Waals surface area contributed by atoms with Gasteiger partial charge in [0.2, 0.25) is 5.91 Å². The van der Waals surface area contributed by atoms with Gasteiger partial charge in [-0.05, 0) is 23.6 Å². The molecule has 1 aromatic carbocycles. The molecule has 0 radical (unpaired) electrons. The highest BCUT2D eigenvalue weighted by molar-refractivity contribution is 8.26. The lowest BCUT2D eigenvalue weighted by Gasteiger charge is -2.06. The minimum Gasteiger partial charge on any atom is -0.350 e. The minimum atomic E-state index is -0.185. The Balaban J connectivity index is 1.58. The van der Waals surface area contributed by atoms with E-state index in [2.05, 4.69) is 10.6 Å². The summed E-state index contributed by atoms with van der Waals surface area (Å²) in [7, 11) is 0. The Morgan fingerprint density at radius 1 is 1.26 bits per heavy atom. The molecule has 0 spiro atoms. The van der Waals surface area contributed by atoms with Crippen LogP contribution in [0.25, 0.3) is 17.0 Å². The van der Waals surface area contributed by atoms with E-state index in [0.29, 0.717) is 15.8 Å². The van der Waals surface area contributed by atoms with Crippen molar-refractivity contribution in [2.24, 2.45) is 0 Å². The first-order valence-corrected chi connectivity index (χ1v) is 10.3. The van der Waals surface area contributed by atoms with Crippen LogP contribution in [0.2, 0.25) is 0 Å². The summed E-state index contributed by atoms with van der Waals surface area (Å²) in [5, 5.41) is 8.54. The number of hydrogen-bond donors (Lipinski definition) is 2. The van der Waals surface area contributed by atoms with Gasteiger partial charge >= 0.3 is 0 Å². The van der Waals surface area contributed by atoms with Crippen molar-refractivity contribution in [3.05, 3.63) is 63.3 Å². The molecule has 1 aliphatic heterocycles. The molecule has 5 nitrogen and oxygen atoms in total. The van der Waals surface area contributed by atoms with Gasteiger partial charge < -0.3 is 15.2 Å². The van der Waals surface area contributed by atoms with Gasteiger partial charge in [0.15, 0.2) is 0 Å². The Labute approximate surface area is 169 Å². The standard InChI is InChI=1S/C19H15N3O2S3/c23-17(20-9-13-4-3-7-26-13)11-22-10-12(14-5-1-2-6-15(14)22)8-16-18(24)21-19(25)27-16/h1-8,10H,9,11H2,(H,20,23)(H,21,24,25)/b16-8-. The third-order valence-corrected chi connectivity index (χ3v) is 6.14. The van der Waals surface area contributed by atoms with Gasteiger partial charge in [-0.25, -0.2) is 0 Å². The second kappa shape index (κ2) is 7.67. The van der Waals surface area contributed by atoms with Crippen molar-refractivity contribution >= 4 is 68.4 Å². The number of carbonyl (C=O) groups is 2. The molecule has 2 N–H and O–H groups in total. The number of thioether (sulfide) groups is 1. The first-order chi connectivity index (χ1) is 13.1. The fourth-order valence-corrected chi connectivity index (χ4v) is 4.57. The van der Waals surface area contributed by atoms with Crippen molar-refractivity contribution in [2.45, 2.75) is 13.1 Å². The molecule has 2 amide bonds. The zero-order valence-electron chi connectivity index (χ0n) is 14.1. The molecule has 0 saturated carbocycles. The number of hydrogen-bond acceptors (Lipinski definition) is 5. The summed E-state index contributed by atoms with van der Waals surface area (Å²) in [5.41, 5.74) is 1.83. The monoisotopic (exact) mass is 413 g/mol. The number of rotatable bonds is 5. The van der Waals surface area contributed by atoms with Gasteiger partial charge in [0.1, 0.15) is 10.9 Å². The van der Waals surface area contributed by atoms with Crippen LogP contribution in [0.1, 0.15) is 10.4 Å². The number of carbonyl (C=O) groups excluding carboxylic acids is 2. The van der Waals surface area contributed by atoms with Crippen LogP contribution >= 0.6 is 35.3 Å². The maximum absolute atomic E-state index is 12.4. The third kappa shape index (κ3) is 3.97. The molecule has 3 heterocycles. The van der Waals surface area contributed by atoms with E-state index >= 15 is 0 Å². The van der Waals surface area contributed by atoms with E-state index in [9.17, 15) is 9.59 Å². The van der Waals surface area contributed by atoms with Gasteiger partial charge in [0.25, 0.3) is 5.91 Å². The number of thiophene rings is 1. The summed E-state index contributed by atoms with van der Waals surface area (Å²) in [6.45, 7) is 0.744. The maximum atomic E-state index is 12.4. The molecule has 0 bridgehead atoms. The van der Waals surface area contributed by atoms with Crippen LogP contribution in [0.4, 0.5) is 0 Å². The van der Waals surface area contributed by atoms with Gasteiger partial charge in [-0.1, -0.05) is 48.2 Å². The summed E-state index contributed by atoms with van der Waals surface area (Å²) in [6.07, 6.45) is 3.72. The van der Waals surface area contributed by atoms with Crippen molar-refractivity contribution in [1.82, 2.24) is 15.2 Å². The lowest BCUT2D eigenvalue weighted by atomic mass is 10.1. The lowest BCUT2D eigenvalue weighted by Crippen LogP contribution is -2.26. The number of fused-ring (bicyclic) bond motifs is 1. The van der Waals surface area contributed by atoms with Crippen LogP contribution < -0.4 is 10.6 Å². The molecule has 4 rings (SSSR count). The Kier molecular flexibility index (Phi) is 5.11. The molecule has 1 fully saturated rings. The van der Waals surface area contributed by atoms with Crippen LogP contribution in [0.15, 0.2) is 52.9 Å². The summed E-state index contributed by atoms with van der Waals surface area (Å²) in [6, 6.07) is 11.8. The van der Waals surface area contributed by atoms with Crippen LogP contribution in [-0.2, 0) is 22.7 Å². The topological polar surface area (TPSA) is 63.1 Å². The maximum Gasteiger partial charge on any atom is 0.263 e.